The van der Waals surface area contributed by atoms with Gasteiger partial charge in [-0.25, -0.2) is 9.37 Å². The van der Waals surface area contributed by atoms with Gasteiger partial charge in [0.1, 0.15) is 22.8 Å². The summed E-state index contributed by atoms with van der Waals surface area (Å²) in [4.78, 5) is 18.3. The Hall–Kier alpha value is -2.22. The first kappa shape index (κ1) is 19.5. The average molecular weight is 408 g/mol. The van der Waals surface area contributed by atoms with Gasteiger partial charge in [-0.2, -0.15) is 0 Å². The third kappa shape index (κ3) is 4.05. The predicted octanol–water partition coefficient (Wildman–Crippen LogP) is 4.23. The third-order valence-electron chi connectivity index (χ3n) is 4.46. The van der Waals surface area contributed by atoms with Crippen molar-refractivity contribution in [3.8, 4) is 10.6 Å². The number of aromatic nitrogens is 1. The summed E-state index contributed by atoms with van der Waals surface area (Å²) in [5.74, 6) is 0.135. The van der Waals surface area contributed by atoms with Gasteiger partial charge >= 0.3 is 0 Å². The molecule has 1 aromatic carbocycles. The van der Waals surface area contributed by atoms with Crippen LogP contribution in [-0.2, 0) is 13.0 Å². The molecular formula is C19H19ClFN3O2S. The zero-order chi connectivity index (χ0) is 18.1. The molecule has 1 aliphatic carbocycles. The minimum absolute atomic E-state index is 0. The molecule has 1 atom stereocenters. The van der Waals surface area contributed by atoms with E-state index < -0.39 is 0 Å². The van der Waals surface area contributed by atoms with Gasteiger partial charge in [0.2, 0.25) is 0 Å². The Morgan fingerprint density at radius 2 is 2.15 bits per heavy atom. The van der Waals surface area contributed by atoms with Crippen molar-refractivity contribution >= 4 is 29.7 Å². The van der Waals surface area contributed by atoms with Gasteiger partial charge in [-0.15, -0.1) is 23.7 Å². The number of amides is 1. The van der Waals surface area contributed by atoms with Crippen LogP contribution in [0.3, 0.4) is 0 Å². The molecule has 142 valence electrons. The molecule has 1 amide bonds. The van der Waals surface area contributed by atoms with Gasteiger partial charge in [0.25, 0.3) is 5.91 Å². The number of rotatable bonds is 4. The summed E-state index contributed by atoms with van der Waals surface area (Å²) in [6, 6.07) is 7.91. The second-order valence-electron chi connectivity index (χ2n) is 6.26. The smallest absolute Gasteiger partial charge is 0.255 e. The van der Waals surface area contributed by atoms with E-state index in [1.165, 1.54) is 18.4 Å². The Bertz CT molecular complexity index is 939. The van der Waals surface area contributed by atoms with Crippen LogP contribution in [0, 0.1) is 5.82 Å². The lowest BCUT2D eigenvalue weighted by Crippen LogP contribution is -2.30. The molecule has 2 heterocycles. The lowest BCUT2D eigenvalue weighted by atomic mass is 9.98. The molecule has 4 rings (SSSR count). The lowest BCUT2D eigenvalue weighted by Gasteiger charge is -2.22. The largest absolute Gasteiger partial charge is 0.467 e. The van der Waals surface area contributed by atoms with Gasteiger partial charge in [-0.1, -0.05) is 0 Å². The monoisotopic (exact) mass is 407 g/mol. The molecule has 0 bridgehead atoms. The molecule has 0 saturated carbocycles. The number of thiazole rings is 1. The molecule has 0 spiro atoms. The number of benzene rings is 1. The Labute approximate surface area is 166 Å². The Kier molecular flexibility index (Phi) is 5.94. The molecule has 3 N–H and O–H groups in total. The standard InChI is InChI=1S/C19H18FN3O2S.ClH/c20-13-6-4-11(5-7-13)19-23-16-3-1-2-15(17(16)26-19)22-18(24)12-8-14(9-21)25-10-12;/h4-8,10,15H,1-3,9,21H2,(H,22,24);1H. The first-order valence-electron chi connectivity index (χ1n) is 8.48. The first-order valence-corrected chi connectivity index (χ1v) is 9.29. The summed E-state index contributed by atoms with van der Waals surface area (Å²) in [5.41, 5.74) is 7.90. The van der Waals surface area contributed by atoms with Crippen molar-refractivity contribution in [2.24, 2.45) is 5.73 Å². The third-order valence-corrected chi connectivity index (χ3v) is 5.72. The summed E-state index contributed by atoms with van der Waals surface area (Å²) >= 11 is 1.56. The first-order chi connectivity index (χ1) is 12.6. The number of furan rings is 1. The number of hydrogen-bond donors (Lipinski definition) is 2. The highest BCUT2D eigenvalue weighted by Crippen LogP contribution is 2.38. The molecule has 1 aliphatic rings. The van der Waals surface area contributed by atoms with Crippen molar-refractivity contribution < 1.29 is 13.6 Å². The van der Waals surface area contributed by atoms with E-state index >= 15 is 0 Å². The van der Waals surface area contributed by atoms with Gasteiger partial charge in [0.05, 0.1) is 28.7 Å². The summed E-state index contributed by atoms with van der Waals surface area (Å²) in [6.45, 7) is 0.261. The van der Waals surface area contributed by atoms with Crippen LogP contribution >= 0.6 is 23.7 Å². The molecule has 0 radical (unpaired) electrons. The van der Waals surface area contributed by atoms with Crippen molar-refractivity contribution in [3.05, 3.63) is 64.3 Å². The summed E-state index contributed by atoms with van der Waals surface area (Å²) in [5, 5.41) is 3.93. The number of hydrogen-bond acceptors (Lipinski definition) is 5. The van der Waals surface area contributed by atoms with E-state index in [1.807, 2.05) is 0 Å². The van der Waals surface area contributed by atoms with Crippen molar-refractivity contribution in [2.75, 3.05) is 0 Å². The van der Waals surface area contributed by atoms with Gasteiger partial charge in [-0.05, 0) is 49.6 Å². The van der Waals surface area contributed by atoms with E-state index in [4.69, 9.17) is 15.1 Å². The molecule has 5 nitrogen and oxygen atoms in total. The van der Waals surface area contributed by atoms with Crippen molar-refractivity contribution in [3.63, 3.8) is 0 Å². The maximum atomic E-state index is 13.1. The highest BCUT2D eigenvalue weighted by molar-refractivity contribution is 7.15. The van der Waals surface area contributed by atoms with E-state index in [0.717, 1.165) is 40.4 Å². The molecule has 1 unspecified atom stereocenters. The van der Waals surface area contributed by atoms with Crippen LogP contribution in [0.4, 0.5) is 4.39 Å². The fourth-order valence-corrected chi connectivity index (χ4v) is 4.32. The minimum Gasteiger partial charge on any atom is -0.467 e. The molecule has 3 aromatic rings. The van der Waals surface area contributed by atoms with Gasteiger partial charge in [-0.3, -0.25) is 4.79 Å². The average Bonchev–Trinajstić information content (AvgIpc) is 3.30. The lowest BCUT2D eigenvalue weighted by molar-refractivity contribution is 0.0933. The van der Waals surface area contributed by atoms with Crippen LogP contribution < -0.4 is 11.1 Å². The minimum atomic E-state index is -0.267. The summed E-state index contributed by atoms with van der Waals surface area (Å²) < 4.78 is 18.4. The van der Waals surface area contributed by atoms with Crippen molar-refractivity contribution in [1.82, 2.24) is 10.3 Å². The van der Waals surface area contributed by atoms with E-state index in [2.05, 4.69) is 5.32 Å². The Balaban J connectivity index is 0.00000210. The molecular weight excluding hydrogens is 389 g/mol. The maximum Gasteiger partial charge on any atom is 0.255 e. The Morgan fingerprint density at radius 3 is 2.85 bits per heavy atom. The highest BCUT2D eigenvalue weighted by Gasteiger charge is 2.27. The number of fused-ring (bicyclic) bond motifs is 1. The number of carbonyl (C=O) groups excluding carboxylic acids is 1. The van der Waals surface area contributed by atoms with Gasteiger partial charge in [0.15, 0.2) is 0 Å². The summed E-state index contributed by atoms with van der Waals surface area (Å²) in [7, 11) is 0. The highest BCUT2D eigenvalue weighted by atomic mass is 35.5. The van der Waals surface area contributed by atoms with Crippen LogP contribution in [0.5, 0.6) is 0 Å². The molecule has 8 heteroatoms. The number of halogens is 2. The normalized spacial score (nSPS) is 15.7. The topological polar surface area (TPSA) is 81.2 Å². The van der Waals surface area contributed by atoms with E-state index in [-0.39, 0.29) is 36.7 Å². The van der Waals surface area contributed by atoms with Crippen molar-refractivity contribution in [1.29, 1.82) is 0 Å². The fourth-order valence-electron chi connectivity index (χ4n) is 3.12. The van der Waals surface area contributed by atoms with Gasteiger partial charge < -0.3 is 15.5 Å². The number of nitrogens with zero attached hydrogens (tertiary/aromatic N) is 1. The Morgan fingerprint density at radius 1 is 1.37 bits per heavy atom. The van der Waals surface area contributed by atoms with Crippen LogP contribution in [0.25, 0.3) is 10.6 Å². The molecule has 0 fully saturated rings. The van der Waals surface area contributed by atoms with E-state index in [1.54, 1.807) is 29.5 Å². The summed E-state index contributed by atoms with van der Waals surface area (Å²) in [6.07, 6.45) is 4.15. The SMILES string of the molecule is Cl.NCc1cc(C(=O)NC2CCCc3nc(-c4ccc(F)cc4)sc32)co1. The number of nitrogens with two attached hydrogens (primary N) is 1. The van der Waals surface area contributed by atoms with Gasteiger partial charge in [0, 0.05) is 5.56 Å². The van der Waals surface area contributed by atoms with Crippen LogP contribution in [-0.4, -0.2) is 10.9 Å². The van der Waals surface area contributed by atoms with Crippen molar-refractivity contribution in [2.45, 2.75) is 31.8 Å². The zero-order valence-corrected chi connectivity index (χ0v) is 16.0. The molecule has 2 aromatic heterocycles. The quantitative estimate of drug-likeness (QED) is 0.678. The molecule has 27 heavy (non-hydrogen) atoms. The maximum absolute atomic E-state index is 13.1. The number of nitrogens with one attached hydrogen (secondary N) is 1. The van der Waals surface area contributed by atoms with E-state index in [9.17, 15) is 9.18 Å². The number of carbonyl (C=O) groups is 1. The molecule has 0 saturated heterocycles. The second kappa shape index (κ2) is 8.21. The van der Waals surface area contributed by atoms with Crippen LogP contribution in [0.15, 0.2) is 41.0 Å². The number of aryl methyl sites for hydroxylation is 1. The molecule has 0 aliphatic heterocycles. The fraction of sp³-hybridized carbons (Fsp3) is 0.263. The van der Waals surface area contributed by atoms with Crippen LogP contribution in [0.2, 0.25) is 0 Å². The van der Waals surface area contributed by atoms with Crippen LogP contribution in [0.1, 0.15) is 45.6 Å². The zero-order valence-electron chi connectivity index (χ0n) is 14.4. The van der Waals surface area contributed by atoms with E-state index in [0.29, 0.717) is 11.3 Å². The predicted molar refractivity (Wildman–Crippen MR) is 105 cm³/mol. The second-order valence-corrected chi connectivity index (χ2v) is 7.29.